The van der Waals surface area contributed by atoms with Crippen molar-refractivity contribution in [1.29, 1.82) is 0 Å². The van der Waals surface area contributed by atoms with E-state index in [0.717, 1.165) is 50.4 Å². The summed E-state index contributed by atoms with van der Waals surface area (Å²) in [5.41, 5.74) is 4.56. The molecule has 0 N–H and O–H groups in total. The largest absolute Gasteiger partial charge is 0.349 e. The highest BCUT2D eigenvalue weighted by Crippen LogP contribution is 2.31. The quantitative estimate of drug-likeness (QED) is 0.823. The van der Waals surface area contributed by atoms with Crippen LogP contribution in [0.25, 0.3) is 0 Å². The number of aryl methyl sites for hydroxylation is 1. The number of carbonyl (C=O) groups is 1. The van der Waals surface area contributed by atoms with Crippen molar-refractivity contribution in [3.05, 3.63) is 58.9 Å². The van der Waals surface area contributed by atoms with Gasteiger partial charge in [-0.05, 0) is 51.2 Å². The van der Waals surface area contributed by atoms with Gasteiger partial charge in [-0.2, -0.15) is 0 Å². The fourth-order valence-electron chi connectivity index (χ4n) is 5.06. The SMILES string of the molecule is CCn1c(C)cc(C(=O)N2C[C@H]3CC[C@@H]2CN(Cc2ccccc2)C3)c1C. The first kappa shape index (κ1) is 18.3. The van der Waals surface area contributed by atoms with E-state index < -0.39 is 0 Å². The van der Waals surface area contributed by atoms with Crippen LogP contribution in [0.4, 0.5) is 0 Å². The molecule has 3 saturated heterocycles. The minimum absolute atomic E-state index is 0.235. The highest BCUT2D eigenvalue weighted by molar-refractivity contribution is 5.96. The first-order valence-electron chi connectivity index (χ1n) is 10.3. The van der Waals surface area contributed by atoms with E-state index in [1.165, 1.54) is 17.7 Å². The van der Waals surface area contributed by atoms with Gasteiger partial charge >= 0.3 is 0 Å². The highest BCUT2D eigenvalue weighted by atomic mass is 16.2. The van der Waals surface area contributed by atoms with Crippen molar-refractivity contribution in [2.75, 3.05) is 19.6 Å². The first-order chi connectivity index (χ1) is 13.1. The van der Waals surface area contributed by atoms with Crippen LogP contribution in [0.15, 0.2) is 36.4 Å². The van der Waals surface area contributed by atoms with Crippen LogP contribution in [0.1, 0.15) is 47.1 Å². The topological polar surface area (TPSA) is 28.5 Å². The number of benzene rings is 1. The van der Waals surface area contributed by atoms with E-state index >= 15 is 0 Å². The third kappa shape index (κ3) is 3.55. The number of carbonyl (C=O) groups excluding carboxylic acids is 1. The van der Waals surface area contributed by atoms with Crippen molar-refractivity contribution < 1.29 is 4.79 Å². The van der Waals surface area contributed by atoms with Crippen molar-refractivity contribution in [2.45, 2.75) is 52.7 Å². The zero-order valence-electron chi connectivity index (χ0n) is 16.8. The monoisotopic (exact) mass is 365 g/mol. The zero-order valence-corrected chi connectivity index (χ0v) is 16.8. The maximum absolute atomic E-state index is 13.4. The van der Waals surface area contributed by atoms with Crippen LogP contribution in [0.5, 0.6) is 0 Å². The molecule has 0 saturated carbocycles. The molecule has 1 amide bonds. The molecule has 4 heteroatoms. The van der Waals surface area contributed by atoms with Crippen LogP contribution >= 0.6 is 0 Å². The summed E-state index contributed by atoms with van der Waals surface area (Å²) in [6.45, 7) is 11.2. The van der Waals surface area contributed by atoms with E-state index in [2.05, 4.69) is 71.5 Å². The number of amides is 1. The van der Waals surface area contributed by atoms with E-state index in [0.29, 0.717) is 12.0 Å². The average Bonchev–Trinajstić information content (AvgIpc) is 2.82. The van der Waals surface area contributed by atoms with Crippen LogP contribution in [-0.4, -0.2) is 46.0 Å². The van der Waals surface area contributed by atoms with Gasteiger partial charge in [0.05, 0.1) is 5.56 Å². The molecule has 4 nitrogen and oxygen atoms in total. The molecular formula is C23H31N3O. The predicted octanol–water partition coefficient (Wildman–Crippen LogP) is 3.86. The van der Waals surface area contributed by atoms with Gasteiger partial charge < -0.3 is 9.47 Å². The molecule has 3 aliphatic rings. The van der Waals surface area contributed by atoms with E-state index in [9.17, 15) is 4.79 Å². The molecule has 0 aliphatic carbocycles. The Kier molecular flexibility index (Phi) is 5.09. The smallest absolute Gasteiger partial charge is 0.255 e. The summed E-state index contributed by atoms with van der Waals surface area (Å²) in [6.07, 6.45) is 2.38. The van der Waals surface area contributed by atoms with Crippen LogP contribution in [0.3, 0.4) is 0 Å². The zero-order chi connectivity index (χ0) is 19.0. The van der Waals surface area contributed by atoms with Gasteiger partial charge in [-0.3, -0.25) is 9.69 Å². The Bertz CT molecular complexity index is 811. The Labute approximate surface area is 162 Å². The molecule has 0 spiro atoms. The molecule has 144 valence electrons. The van der Waals surface area contributed by atoms with Crippen LogP contribution in [0.2, 0.25) is 0 Å². The molecule has 2 bridgehead atoms. The van der Waals surface area contributed by atoms with Gasteiger partial charge in [0.2, 0.25) is 0 Å². The second kappa shape index (κ2) is 7.51. The van der Waals surface area contributed by atoms with Gasteiger partial charge in [0.15, 0.2) is 0 Å². The fourth-order valence-corrected chi connectivity index (χ4v) is 5.06. The van der Waals surface area contributed by atoms with Crippen LogP contribution < -0.4 is 0 Å². The van der Waals surface area contributed by atoms with Gasteiger partial charge in [0.1, 0.15) is 0 Å². The van der Waals surface area contributed by atoms with Crippen LogP contribution in [0, 0.1) is 19.8 Å². The number of nitrogens with zero attached hydrogens (tertiary/aromatic N) is 3. The number of hydrogen-bond donors (Lipinski definition) is 0. The summed E-state index contributed by atoms with van der Waals surface area (Å²) in [4.78, 5) is 18.1. The molecule has 2 aromatic rings. The molecule has 1 aromatic heterocycles. The summed E-state index contributed by atoms with van der Waals surface area (Å²) in [6, 6.07) is 13.1. The molecule has 27 heavy (non-hydrogen) atoms. The maximum Gasteiger partial charge on any atom is 0.255 e. The van der Waals surface area contributed by atoms with Gasteiger partial charge in [-0.1, -0.05) is 30.3 Å². The molecular weight excluding hydrogens is 334 g/mol. The summed E-state index contributed by atoms with van der Waals surface area (Å²) >= 11 is 0. The van der Waals surface area contributed by atoms with Crippen molar-refractivity contribution in [2.24, 2.45) is 5.92 Å². The molecule has 2 atom stereocenters. The van der Waals surface area contributed by atoms with Gasteiger partial charge in [-0.15, -0.1) is 0 Å². The van der Waals surface area contributed by atoms with E-state index in [-0.39, 0.29) is 5.91 Å². The van der Waals surface area contributed by atoms with Crippen LogP contribution in [-0.2, 0) is 13.1 Å². The van der Waals surface area contributed by atoms with Gasteiger partial charge in [-0.25, -0.2) is 0 Å². The third-order valence-electron chi connectivity index (χ3n) is 6.42. The summed E-state index contributed by atoms with van der Waals surface area (Å²) in [7, 11) is 0. The van der Waals surface area contributed by atoms with Crippen molar-refractivity contribution in [3.8, 4) is 0 Å². The Morgan fingerprint density at radius 2 is 1.85 bits per heavy atom. The molecule has 1 aromatic carbocycles. The summed E-state index contributed by atoms with van der Waals surface area (Å²) < 4.78 is 2.24. The van der Waals surface area contributed by atoms with E-state index in [4.69, 9.17) is 0 Å². The molecule has 3 fully saturated rings. The van der Waals surface area contributed by atoms with Gasteiger partial charge in [0.25, 0.3) is 5.91 Å². The molecule has 4 heterocycles. The number of fused-ring (bicyclic) bond motifs is 4. The van der Waals surface area contributed by atoms with Gasteiger partial charge in [0, 0.05) is 50.2 Å². The minimum Gasteiger partial charge on any atom is -0.349 e. The summed E-state index contributed by atoms with van der Waals surface area (Å²) in [5, 5.41) is 0. The van der Waals surface area contributed by atoms with E-state index in [1.54, 1.807) is 0 Å². The van der Waals surface area contributed by atoms with Crippen molar-refractivity contribution in [3.63, 3.8) is 0 Å². The number of piperidine rings is 1. The Hall–Kier alpha value is -2.07. The minimum atomic E-state index is 0.235. The molecule has 0 unspecified atom stereocenters. The normalized spacial score (nSPS) is 22.9. The Morgan fingerprint density at radius 3 is 2.56 bits per heavy atom. The standard InChI is InChI=1S/C23H31N3O/c1-4-25-17(2)12-22(18(25)3)23(27)26-15-20-10-11-21(26)16-24(14-20)13-19-8-6-5-7-9-19/h5-9,12,20-21H,4,10-11,13-16H2,1-3H3/t20-,21+/m0/s1. The first-order valence-corrected chi connectivity index (χ1v) is 10.3. The van der Waals surface area contributed by atoms with Crippen molar-refractivity contribution in [1.82, 2.24) is 14.4 Å². The highest BCUT2D eigenvalue weighted by Gasteiger charge is 2.38. The fraction of sp³-hybridized carbons (Fsp3) is 0.522. The lowest BCUT2D eigenvalue weighted by Gasteiger charge is -2.36. The lowest BCUT2D eigenvalue weighted by molar-refractivity contribution is 0.0584. The Morgan fingerprint density at radius 1 is 1.07 bits per heavy atom. The number of hydrogen-bond acceptors (Lipinski definition) is 2. The predicted molar refractivity (Wildman–Crippen MR) is 109 cm³/mol. The third-order valence-corrected chi connectivity index (χ3v) is 6.42. The number of rotatable bonds is 4. The molecule has 0 radical (unpaired) electrons. The lowest BCUT2D eigenvalue weighted by Crippen LogP contribution is -2.47. The summed E-state index contributed by atoms with van der Waals surface area (Å²) in [5.74, 6) is 0.824. The molecule has 3 aliphatic heterocycles. The Balaban J connectivity index is 1.53. The van der Waals surface area contributed by atoms with Crippen molar-refractivity contribution >= 4 is 5.91 Å². The average molecular weight is 366 g/mol. The van der Waals surface area contributed by atoms with E-state index in [1.807, 2.05) is 0 Å². The second-order valence-electron chi connectivity index (χ2n) is 8.26. The second-order valence-corrected chi connectivity index (χ2v) is 8.26. The number of aromatic nitrogens is 1. The molecule has 5 rings (SSSR count). The lowest BCUT2D eigenvalue weighted by atomic mass is 9.94. The maximum atomic E-state index is 13.4.